The molecule has 2 aromatic carbocycles. The molecule has 0 saturated heterocycles. The van der Waals surface area contributed by atoms with Gasteiger partial charge in [0.15, 0.2) is 0 Å². The molecule has 0 bridgehead atoms. The van der Waals surface area contributed by atoms with Crippen LogP contribution < -0.4 is 15.9 Å². The smallest absolute Gasteiger partial charge is 0.328 e. The highest BCUT2D eigenvalue weighted by atomic mass is 79.9. The van der Waals surface area contributed by atoms with Gasteiger partial charge in [0.05, 0.1) is 33.0 Å². The molecule has 0 aliphatic carbocycles. The topological polar surface area (TPSA) is 59.3 Å². The number of amides is 1. The van der Waals surface area contributed by atoms with Crippen molar-refractivity contribution in [1.82, 2.24) is 9.13 Å². The van der Waals surface area contributed by atoms with Crippen LogP contribution in [0.15, 0.2) is 39.6 Å². The Morgan fingerprint density at radius 3 is 2.38 bits per heavy atom. The predicted octanol–water partition coefficient (Wildman–Crippen LogP) is 3.61. The van der Waals surface area contributed by atoms with Crippen LogP contribution in [-0.2, 0) is 14.1 Å². The van der Waals surface area contributed by atoms with Crippen molar-refractivity contribution < 1.29 is 4.79 Å². The number of rotatable bonds is 3. The Kier molecular flexibility index (Phi) is 4.86. The van der Waals surface area contributed by atoms with Gasteiger partial charge in [0.2, 0.25) is 0 Å². The monoisotopic (exact) mass is 436 g/mol. The zero-order chi connectivity index (χ0) is 19.2. The van der Waals surface area contributed by atoms with Gasteiger partial charge in [0.25, 0.3) is 5.91 Å². The SMILES string of the molecule is CN(C)c1c(Cl)cccc1NC(=O)c1cc2c(cc1Br)n(C)c(=O)n2C. The molecule has 0 fully saturated rings. The average Bonchev–Trinajstić information content (AvgIpc) is 2.78. The average molecular weight is 438 g/mol. The molecule has 136 valence electrons. The summed E-state index contributed by atoms with van der Waals surface area (Å²) in [5.41, 5.74) is 3.06. The zero-order valence-electron chi connectivity index (χ0n) is 14.8. The summed E-state index contributed by atoms with van der Waals surface area (Å²) in [6, 6.07) is 8.83. The van der Waals surface area contributed by atoms with Crippen molar-refractivity contribution in [2.75, 3.05) is 24.3 Å². The second-order valence-electron chi connectivity index (χ2n) is 6.21. The first-order chi connectivity index (χ1) is 12.2. The van der Waals surface area contributed by atoms with Gasteiger partial charge in [-0.25, -0.2) is 4.79 Å². The van der Waals surface area contributed by atoms with E-state index in [-0.39, 0.29) is 11.6 Å². The third kappa shape index (κ3) is 3.01. The Balaban J connectivity index is 2.07. The third-order valence-electron chi connectivity index (χ3n) is 4.29. The number of nitrogens with one attached hydrogen (secondary N) is 1. The molecule has 3 rings (SSSR count). The molecule has 0 aliphatic heterocycles. The lowest BCUT2D eigenvalue weighted by atomic mass is 10.1. The second kappa shape index (κ2) is 6.81. The van der Waals surface area contributed by atoms with Gasteiger partial charge in [-0.1, -0.05) is 17.7 Å². The van der Waals surface area contributed by atoms with Crippen LogP contribution in [0.5, 0.6) is 0 Å². The van der Waals surface area contributed by atoms with Gasteiger partial charge in [0, 0.05) is 32.7 Å². The lowest BCUT2D eigenvalue weighted by Gasteiger charge is -2.19. The first-order valence-electron chi connectivity index (χ1n) is 7.84. The molecule has 6 nitrogen and oxygen atoms in total. The number of nitrogens with zero attached hydrogens (tertiary/aromatic N) is 3. The summed E-state index contributed by atoms with van der Waals surface area (Å²) in [5.74, 6) is -0.291. The number of para-hydroxylation sites is 1. The molecule has 1 N–H and O–H groups in total. The van der Waals surface area contributed by atoms with E-state index >= 15 is 0 Å². The number of fused-ring (bicyclic) bond motifs is 1. The van der Waals surface area contributed by atoms with Crippen LogP contribution in [0, 0.1) is 0 Å². The molecule has 1 aromatic heterocycles. The zero-order valence-corrected chi connectivity index (χ0v) is 17.1. The van der Waals surface area contributed by atoms with E-state index in [9.17, 15) is 9.59 Å². The first kappa shape index (κ1) is 18.5. The number of halogens is 2. The van der Waals surface area contributed by atoms with E-state index in [1.165, 1.54) is 4.57 Å². The van der Waals surface area contributed by atoms with Crippen molar-refractivity contribution in [3.8, 4) is 0 Å². The molecule has 0 unspecified atom stereocenters. The van der Waals surface area contributed by atoms with E-state index in [0.29, 0.717) is 26.3 Å². The number of hydrogen-bond acceptors (Lipinski definition) is 3. The van der Waals surface area contributed by atoms with Crippen molar-refractivity contribution in [3.05, 3.63) is 55.9 Å². The Bertz CT molecular complexity index is 1080. The number of carbonyl (C=O) groups is 1. The Hall–Kier alpha value is -2.25. The minimum absolute atomic E-state index is 0.144. The molecule has 1 heterocycles. The molecule has 8 heteroatoms. The summed E-state index contributed by atoms with van der Waals surface area (Å²) in [6.45, 7) is 0. The van der Waals surface area contributed by atoms with E-state index in [2.05, 4.69) is 21.2 Å². The quantitative estimate of drug-likeness (QED) is 0.681. The number of aryl methyl sites for hydroxylation is 2. The van der Waals surface area contributed by atoms with Crippen LogP contribution in [0.2, 0.25) is 5.02 Å². The van der Waals surface area contributed by atoms with Crippen LogP contribution in [0.4, 0.5) is 11.4 Å². The number of benzene rings is 2. The molecule has 0 spiro atoms. The number of carbonyl (C=O) groups excluding carboxylic acids is 1. The fourth-order valence-electron chi connectivity index (χ4n) is 2.95. The predicted molar refractivity (Wildman–Crippen MR) is 110 cm³/mol. The maximum absolute atomic E-state index is 12.9. The standard InChI is InChI=1S/C18H18BrClN4O2/c1-22(2)16-12(20)6-5-7-13(16)21-17(25)10-8-14-15(9-11(10)19)24(4)18(26)23(14)3/h5-9H,1-4H3,(H,21,25). The molecule has 3 aromatic rings. The summed E-state index contributed by atoms with van der Waals surface area (Å²) in [4.78, 5) is 26.8. The highest BCUT2D eigenvalue weighted by Gasteiger charge is 2.18. The summed E-state index contributed by atoms with van der Waals surface area (Å²) in [7, 11) is 7.10. The van der Waals surface area contributed by atoms with Crippen molar-refractivity contribution in [3.63, 3.8) is 0 Å². The largest absolute Gasteiger partial charge is 0.375 e. The molecule has 1 amide bonds. The second-order valence-corrected chi connectivity index (χ2v) is 7.47. The van der Waals surface area contributed by atoms with E-state index in [4.69, 9.17) is 11.6 Å². The number of anilines is 2. The molecule has 0 aliphatic rings. The van der Waals surface area contributed by atoms with E-state index < -0.39 is 0 Å². The van der Waals surface area contributed by atoms with E-state index in [1.807, 2.05) is 19.0 Å². The van der Waals surface area contributed by atoms with E-state index in [1.54, 1.807) is 49.0 Å². The van der Waals surface area contributed by atoms with Crippen LogP contribution in [0.1, 0.15) is 10.4 Å². The maximum Gasteiger partial charge on any atom is 0.328 e. The third-order valence-corrected chi connectivity index (χ3v) is 5.25. The molecule has 0 radical (unpaired) electrons. The Morgan fingerprint density at radius 1 is 1.15 bits per heavy atom. The molecule has 0 atom stereocenters. The van der Waals surface area contributed by atoms with Crippen LogP contribution in [-0.4, -0.2) is 29.1 Å². The van der Waals surface area contributed by atoms with Crippen LogP contribution in [0.3, 0.4) is 0 Å². The lowest BCUT2D eigenvalue weighted by molar-refractivity contribution is 0.102. The molecular formula is C18H18BrClN4O2. The fraction of sp³-hybridized carbons (Fsp3) is 0.222. The normalized spacial score (nSPS) is 11.0. The molecule has 0 saturated carbocycles. The van der Waals surface area contributed by atoms with Crippen LogP contribution in [0.25, 0.3) is 11.0 Å². The van der Waals surface area contributed by atoms with Gasteiger partial charge in [-0.15, -0.1) is 0 Å². The fourth-order valence-corrected chi connectivity index (χ4v) is 3.81. The van der Waals surface area contributed by atoms with Gasteiger partial charge < -0.3 is 10.2 Å². The van der Waals surface area contributed by atoms with E-state index in [0.717, 1.165) is 11.2 Å². The van der Waals surface area contributed by atoms with Crippen molar-refractivity contribution in [2.24, 2.45) is 14.1 Å². The summed E-state index contributed by atoms with van der Waals surface area (Å²) in [5, 5.41) is 3.46. The molecular weight excluding hydrogens is 420 g/mol. The van der Waals surface area contributed by atoms with Gasteiger partial charge in [-0.05, 0) is 40.2 Å². The van der Waals surface area contributed by atoms with Crippen molar-refractivity contribution >= 4 is 55.8 Å². The molecule has 26 heavy (non-hydrogen) atoms. The summed E-state index contributed by atoms with van der Waals surface area (Å²) < 4.78 is 3.67. The summed E-state index contributed by atoms with van der Waals surface area (Å²) in [6.07, 6.45) is 0. The minimum Gasteiger partial charge on any atom is -0.375 e. The minimum atomic E-state index is -0.291. The van der Waals surface area contributed by atoms with Gasteiger partial charge in [-0.3, -0.25) is 13.9 Å². The number of imidazole rings is 1. The van der Waals surface area contributed by atoms with Crippen molar-refractivity contribution in [1.29, 1.82) is 0 Å². The lowest BCUT2D eigenvalue weighted by Crippen LogP contribution is -2.19. The van der Waals surface area contributed by atoms with Gasteiger partial charge in [-0.2, -0.15) is 0 Å². The van der Waals surface area contributed by atoms with Crippen molar-refractivity contribution in [2.45, 2.75) is 0 Å². The van der Waals surface area contributed by atoms with Gasteiger partial charge >= 0.3 is 5.69 Å². The maximum atomic E-state index is 12.9. The van der Waals surface area contributed by atoms with Gasteiger partial charge in [0.1, 0.15) is 0 Å². The number of hydrogen-bond donors (Lipinski definition) is 1. The highest BCUT2D eigenvalue weighted by molar-refractivity contribution is 9.10. The van der Waals surface area contributed by atoms with Crippen LogP contribution >= 0.6 is 27.5 Å². The highest BCUT2D eigenvalue weighted by Crippen LogP contribution is 2.33. The first-order valence-corrected chi connectivity index (χ1v) is 9.01. The Labute approximate surface area is 164 Å². The number of aromatic nitrogens is 2. The summed E-state index contributed by atoms with van der Waals surface area (Å²) >= 11 is 9.70. The Morgan fingerprint density at radius 2 is 1.77 bits per heavy atom.